The lowest BCUT2D eigenvalue weighted by Crippen LogP contribution is -2.27. The van der Waals surface area contributed by atoms with Gasteiger partial charge >= 0.3 is 0 Å². The van der Waals surface area contributed by atoms with Crippen molar-refractivity contribution in [2.75, 3.05) is 36.5 Å². The Morgan fingerprint density at radius 2 is 1.90 bits per heavy atom. The molecule has 0 aliphatic carbocycles. The molecule has 112 valence electrons. The van der Waals surface area contributed by atoms with Crippen LogP contribution in [0.15, 0.2) is 24.3 Å². The van der Waals surface area contributed by atoms with Gasteiger partial charge in [-0.1, -0.05) is 6.92 Å². The van der Waals surface area contributed by atoms with E-state index in [1.807, 2.05) is 24.3 Å². The van der Waals surface area contributed by atoms with Crippen molar-refractivity contribution in [3.8, 4) is 0 Å². The molecule has 0 saturated carbocycles. The Morgan fingerprint density at radius 1 is 1.25 bits per heavy atom. The SMILES string of the molecule is CCCN(CC)c1ccc(C(=O)NCCS(C)=O)cc1. The lowest BCUT2D eigenvalue weighted by molar-refractivity contribution is 0.0956. The van der Waals surface area contributed by atoms with Gasteiger partial charge in [-0.15, -0.1) is 0 Å². The van der Waals surface area contributed by atoms with Crippen LogP contribution in [-0.4, -0.2) is 41.8 Å². The summed E-state index contributed by atoms with van der Waals surface area (Å²) in [5.74, 6) is 0.379. The predicted molar refractivity (Wildman–Crippen MR) is 85.9 cm³/mol. The first-order valence-electron chi connectivity index (χ1n) is 7.01. The van der Waals surface area contributed by atoms with Crippen molar-refractivity contribution in [3.05, 3.63) is 29.8 Å². The second-order valence-electron chi connectivity index (χ2n) is 4.66. The quantitative estimate of drug-likeness (QED) is 0.798. The Balaban J connectivity index is 2.61. The first kappa shape index (κ1) is 16.7. The number of nitrogens with one attached hydrogen (secondary N) is 1. The van der Waals surface area contributed by atoms with E-state index >= 15 is 0 Å². The molecule has 1 rings (SSSR count). The van der Waals surface area contributed by atoms with Crippen LogP contribution < -0.4 is 10.2 Å². The number of rotatable bonds is 8. The Labute approximate surface area is 124 Å². The van der Waals surface area contributed by atoms with Crippen molar-refractivity contribution in [2.45, 2.75) is 20.3 Å². The van der Waals surface area contributed by atoms with Crippen LogP contribution in [0.5, 0.6) is 0 Å². The second kappa shape index (κ2) is 8.74. The van der Waals surface area contributed by atoms with Gasteiger partial charge in [-0.05, 0) is 37.6 Å². The zero-order valence-corrected chi connectivity index (χ0v) is 13.3. The molecule has 0 aliphatic rings. The van der Waals surface area contributed by atoms with Gasteiger partial charge in [0.25, 0.3) is 5.91 Å². The third-order valence-corrected chi connectivity index (χ3v) is 3.82. The second-order valence-corrected chi connectivity index (χ2v) is 6.21. The van der Waals surface area contributed by atoms with Gasteiger partial charge in [0.2, 0.25) is 0 Å². The van der Waals surface area contributed by atoms with E-state index in [1.165, 1.54) is 0 Å². The summed E-state index contributed by atoms with van der Waals surface area (Å²) < 4.78 is 10.9. The minimum Gasteiger partial charge on any atom is -0.372 e. The van der Waals surface area contributed by atoms with Gasteiger partial charge in [0, 0.05) is 53.7 Å². The predicted octanol–water partition coefficient (Wildman–Crippen LogP) is 2.03. The molecule has 5 heteroatoms. The maximum absolute atomic E-state index is 11.9. The van der Waals surface area contributed by atoms with Crippen LogP contribution in [0, 0.1) is 0 Å². The van der Waals surface area contributed by atoms with Crippen molar-refractivity contribution in [3.63, 3.8) is 0 Å². The van der Waals surface area contributed by atoms with Gasteiger partial charge < -0.3 is 10.2 Å². The highest BCUT2D eigenvalue weighted by Crippen LogP contribution is 2.15. The summed E-state index contributed by atoms with van der Waals surface area (Å²) in [6.07, 6.45) is 2.73. The highest BCUT2D eigenvalue weighted by atomic mass is 32.2. The summed E-state index contributed by atoms with van der Waals surface area (Å²) in [4.78, 5) is 14.2. The highest BCUT2D eigenvalue weighted by Gasteiger charge is 2.07. The van der Waals surface area contributed by atoms with Crippen LogP contribution in [0.25, 0.3) is 0 Å². The third kappa shape index (κ3) is 5.33. The molecule has 1 aromatic carbocycles. The van der Waals surface area contributed by atoms with Crippen LogP contribution in [0.3, 0.4) is 0 Å². The highest BCUT2D eigenvalue weighted by molar-refractivity contribution is 7.84. The summed E-state index contributed by atoms with van der Waals surface area (Å²) in [6.45, 7) is 6.70. The van der Waals surface area contributed by atoms with Crippen LogP contribution in [0.1, 0.15) is 30.6 Å². The maximum atomic E-state index is 11.9. The Morgan fingerprint density at radius 3 is 2.40 bits per heavy atom. The van der Waals surface area contributed by atoms with Gasteiger partial charge in [-0.25, -0.2) is 0 Å². The number of benzene rings is 1. The average molecular weight is 296 g/mol. The first-order valence-corrected chi connectivity index (χ1v) is 8.74. The molecule has 20 heavy (non-hydrogen) atoms. The Hall–Kier alpha value is -1.36. The van der Waals surface area contributed by atoms with Crippen molar-refractivity contribution in [2.24, 2.45) is 0 Å². The largest absolute Gasteiger partial charge is 0.372 e. The van der Waals surface area contributed by atoms with Gasteiger partial charge in [0.15, 0.2) is 0 Å². The van der Waals surface area contributed by atoms with Crippen LogP contribution in [0.4, 0.5) is 5.69 Å². The number of anilines is 1. The standard InChI is InChI=1S/C15H24N2O2S/c1-4-11-17(5-2)14-8-6-13(7-9-14)15(18)16-10-12-20(3)19/h6-9H,4-5,10-12H2,1-3H3,(H,16,18). The molecule has 1 amide bonds. The molecule has 1 N–H and O–H groups in total. The summed E-state index contributed by atoms with van der Waals surface area (Å²) in [7, 11) is -0.873. The van der Waals surface area contributed by atoms with Gasteiger partial charge in [0.1, 0.15) is 0 Å². The molecule has 0 heterocycles. The monoisotopic (exact) mass is 296 g/mol. The van der Waals surface area contributed by atoms with E-state index in [0.29, 0.717) is 17.9 Å². The molecule has 0 aliphatic heterocycles. The molecule has 0 fully saturated rings. The fourth-order valence-electron chi connectivity index (χ4n) is 1.97. The fraction of sp³-hybridized carbons (Fsp3) is 0.533. The average Bonchev–Trinajstić information content (AvgIpc) is 2.44. The Bertz CT molecular complexity index is 446. The number of hydrogen-bond donors (Lipinski definition) is 1. The van der Waals surface area contributed by atoms with Crippen LogP contribution in [0.2, 0.25) is 0 Å². The third-order valence-electron chi connectivity index (χ3n) is 3.04. The van der Waals surface area contributed by atoms with Crippen molar-refractivity contribution in [1.29, 1.82) is 0 Å². The zero-order valence-electron chi connectivity index (χ0n) is 12.5. The van der Waals surface area contributed by atoms with E-state index in [9.17, 15) is 9.00 Å². The Kier molecular flexibility index (Phi) is 7.30. The van der Waals surface area contributed by atoms with Crippen molar-refractivity contribution < 1.29 is 9.00 Å². The molecule has 1 unspecified atom stereocenters. The molecule has 1 aromatic rings. The maximum Gasteiger partial charge on any atom is 0.251 e. The number of carbonyl (C=O) groups excluding carboxylic acids is 1. The lowest BCUT2D eigenvalue weighted by atomic mass is 10.1. The summed E-state index contributed by atoms with van der Waals surface area (Å²) in [6, 6.07) is 7.63. The molecular formula is C15H24N2O2S. The summed E-state index contributed by atoms with van der Waals surface area (Å²) in [5, 5.41) is 2.77. The fourth-order valence-corrected chi connectivity index (χ4v) is 2.36. The topological polar surface area (TPSA) is 49.4 Å². The minimum atomic E-state index is -0.873. The van der Waals surface area contributed by atoms with Crippen molar-refractivity contribution >= 4 is 22.4 Å². The van der Waals surface area contributed by atoms with E-state index in [0.717, 1.165) is 25.2 Å². The van der Waals surface area contributed by atoms with Gasteiger partial charge in [-0.3, -0.25) is 9.00 Å². The van der Waals surface area contributed by atoms with Crippen LogP contribution in [-0.2, 0) is 10.8 Å². The number of carbonyl (C=O) groups is 1. The zero-order chi connectivity index (χ0) is 15.0. The van der Waals surface area contributed by atoms with E-state index in [2.05, 4.69) is 24.1 Å². The summed E-state index contributed by atoms with van der Waals surface area (Å²) in [5.41, 5.74) is 1.78. The van der Waals surface area contributed by atoms with Gasteiger partial charge in [-0.2, -0.15) is 0 Å². The molecular weight excluding hydrogens is 272 g/mol. The normalized spacial score (nSPS) is 11.9. The van der Waals surface area contributed by atoms with E-state index in [-0.39, 0.29) is 5.91 Å². The minimum absolute atomic E-state index is 0.111. The van der Waals surface area contributed by atoms with E-state index < -0.39 is 10.8 Å². The lowest BCUT2D eigenvalue weighted by Gasteiger charge is -2.22. The number of nitrogens with zero attached hydrogens (tertiary/aromatic N) is 1. The number of amides is 1. The molecule has 0 radical (unpaired) electrons. The molecule has 0 bridgehead atoms. The van der Waals surface area contributed by atoms with E-state index in [1.54, 1.807) is 6.26 Å². The molecule has 1 atom stereocenters. The van der Waals surface area contributed by atoms with Crippen molar-refractivity contribution in [1.82, 2.24) is 5.32 Å². The summed E-state index contributed by atoms with van der Waals surface area (Å²) >= 11 is 0. The van der Waals surface area contributed by atoms with Crippen LogP contribution >= 0.6 is 0 Å². The molecule has 0 spiro atoms. The molecule has 0 saturated heterocycles. The number of hydrogen-bond acceptors (Lipinski definition) is 3. The van der Waals surface area contributed by atoms with E-state index in [4.69, 9.17) is 0 Å². The first-order chi connectivity index (χ1) is 9.58. The molecule has 4 nitrogen and oxygen atoms in total. The smallest absolute Gasteiger partial charge is 0.251 e. The molecule has 0 aromatic heterocycles. The van der Waals surface area contributed by atoms with Gasteiger partial charge in [0.05, 0.1) is 0 Å².